The average Bonchev–Trinajstić information content (AvgIpc) is 2.47. The van der Waals surface area contributed by atoms with Crippen LogP contribution >= 0.6 is 11.6 Å². The molecule has 0 N–H and O–H groups in total. The maximum Gasteiger partial charge on any atom is 0.308 e. The third-order valence-electron chi connectivity index (χ3n) is 2.08. The maximum absolute atomic E-state index is 10.9. The van der Waals surface area contributed by atoms with Crippen molar-refractivity contribution in [2.24, 2.45) is 0 Å². The van der Waals surface area contributed by atoms with E-state index in [0.29, 0.717) is 6.42 Å². The van der Waals surface area contributed by atoms with Gasteiger partial charge in [0.15, 0.2) is 0 Å². The van der Waals surface area contributed by atoms with Crippen molar-refractivity contribution < 1.29 is 9.53 Å². The van der Waals surface area contributed by atoms with Crippen LogP contribution in [0.5, 0.6) is 0 Å². The number of hydrogen-bond donors (Lipinski definition) is 0. The van der Waals surface area contributed by atoms with Crippen LogP contribution in [0.15, 0.2) is 30.3 Å². The maximum atomic E-state index is 10.9. The Labute approximate surface area is 81.5 Å². The summed E-state index contributed by atoms with van der Waals surface area (Å²) in [5, 5.41) is -0.227. The van der Waals surface area contributed by atoms with Crippen molar-refractivity contribution in [3.8, 4) is 0 Å². The van der Waals surface area contributed by atoms with E-state index in [9.17, 15) is 4.79 Å². The monoisotopic (exact) mass is 196 g/mol. The summed E-state index contributed by atoms with van der Waals surface area (Å²) in [4.78, 5) is 10.9. The number of esters is 1. The van der Waals surface area contributed by atoms with Crippen LogP contribution in [0.2, 0.25) is 0 Å². The number of carbonyl (C=O) groups is 1. The second-order valence-corrected chi connectivity index (χ2v) is 3.60. The van der Waals surface area contributed by atoms with Gasteiger partial charge in [0, 0.05) is 0 Å². The molecule has 1 fully saturated rings. The zero-order chi connectivity index (χ0) is 9.26. The van der Waals surface area contributed by atoms with Crippen LogP contribution in [0.25, 0.3) is 0 Å². The summed E-state index contributed by atoms with van der Waals surface area (Å²) < 4.78 is 5.09. The minimum absolute atomic E-state index is 0.214. The summed E-state index contributed by atoms with van der Waals surface area (Å²) in [6.45, 7) is 0. The fourth-order valence-electron chi connectivity index (χ4n) is 1.45. The number of hydrogen-bond acceptors (Lipinski definition) is 2. The van der Waals surface area contributed by atoms with Gasteiger partial charge in [0.05, 0.1) is 11.8 Å². The fourth-order valence-corrected chi connectivity index (χ4v) is 1.77. The van der Waals surface area contributed by atoms with Gasteiger partial charge in [-0.05, 0) is 5.56 Å². The fraction of sp³-hybridized carbons (Fsp3) is 0.300. The summed E-state index contributed by atoms with van der Waals surface area (Å²) >= 11 is 5.96. The molecule has 0 saturated carbocycles. The van der Waals surface area contributed by atoms with Crippen molar-refractivity contribution in [2.75, 3.05) is 0 Å². The van der Waals surface area contributed by atoms with Crippen LogP contribution in [-0.4, -0.2) is 11.3 Å². The van der Waals surface area contributed by atoms with Gasteiger partial charge in [-0.3, -0.25) is 4.79 Å². The number of benzene rings is 1. The minimum atomic E-state index is -0.268. The highest BCUT2D eigenvalue weighted by molar-refractivity contribution is 6.22. The van der Waals surface area contributed by atoms with Crippen molar-refractivity contribution in [1.29, 1.82) is 0 Å². The van der Waals surface area contributed by atoms with Crippen LogP contribution in [0.3, 0.4) is 0 Å². The molecule has 0 spiro atoms. The van der Waals surface area contributed by atoms with Gasteiger partial charge in [-0.25, -0.2) is 0 Å². The Balaban J connectivity index is 2.23. The minimum Gasteiger partial charge on any atom is -0.456 e. The Kier molecular flexibility index (Phi) is 2.23. The van der Waals surface area contributed by atoms with E-state index in [1.807, 2.05) is 30.3 Å². The second kappa shape index (κ2) is 3.38. The molecule has 1 saturated heterocycles. The van der Waals surface area contributed by atoms with Crippen molar-refractivity contribution >= 4 is 17.6 Å². The lowest BCUT2D eigenvalue weighted by Gasteiger charge is -2.11. The van der Waals surface area contributed by atoms with E-state index in [4.69, 9.17) is 16.3 Å². The Bertz CT molecular complexity index is 310. The lowest BCUT2D eigenvalue weighted by molar-refractivity contribution is -0.141. The van der Waals surface area contributed by atoms with E-state index in [-0.39, 0.29) is 17.5 Å². The van der Waals surface area contributed by atoms with E-state index >= 15 is 0 Å². The molecule has 0 bridgehead atoms. The molecule has 1 heterocycles. The predicted octanol–water partition coefficient (Wildman–Crippen LogP) is 2.28. The van der Waals surface area contributed by atoms with Gasteiger partial charge in [-0.15, -0.1) is 11.6 Å². The van der Waals surface area contributed by atoms with E-state index in [0.717, 1.165) is 5.56 Å². The molecule has 0 radical (unpaired) electrons. The lowest BCUT2D eigenvalue weighted by Crippen LogP contribution is -2.05. The van der Waals surface area contributed by atoms with Crippen LogP contribution in [0.4, 0.5) is 0 Å². The second-order valence-electron chi connectivity index (χ2n) is 3.04. The van der Waals surface area contributed by atoms with Gasteiger partial charge in [-0.2, -0.15) is 0 Å². The summed E-state index contributed by atoms with van der Waals surface area (Å²) in [5.74, 6) is -0.214. The number of carbonyl (C=O) groups excluding carboxylic acids is 1. The Morgan fingerprint density at radius 2 is 2.00 bits per heavy atom. The van der Waals surface area contributed by atoms with E-state index in [1.165, 1.54) is 0 Å². The smallest absolute Gasteiger partial charge is 0.308 e. The van der Waals surface area contributed by atoms with Crippen LogP contribution < -0.4 is 0 Å². The van der Waals surface area contributed by atoms with Crippen LogP contribution in [-0.2, 0) is 9.53 Å². The van der Waals surface area contributed by atoms with Crippen molar-refractivity contribution in [3.05, 3.63) is 35.9 Å². The average molecular weight is 197 g/mol. The molecule has 1 aliphatic heterocycles. The van der Waals surface area contributed by atoms with E-state index in [2.05, 4.69) is 0 Å². The van der Waals surface area contributed by atoms with Gasteiger partial charge >= 0.3 is 5.97 Å². The normalized spacial score (nSPS) is 27.3. The summed E-state index contributed by atoms with van der Waals surface area (Å²) in [6, 6.07) is 9.57. The van der Waals surface area contributed by atoms with E-state index < -0.39 is 0 Å². The first-order chi connectivity index (χ1) is 6.27. The molecule has 1 aromatic carbocycles. The van der Waals surface area contributed by atoms with Gasteiger partial charge in [0.1, 0.15) is 6.10 Å². The standard InChI is InChI=1S/C10H9ClO2/c11-8-6-9(12)13-10(8)7-4-2-1-3-5-7/h1-5,8,10H,6H2/t8-,10+/m1/s1. The molecular formula is C10H9ClO2. The van der Waals surface area contributed by atoms with Gasteiger partial charge < -0.3 is 4.74 Å². The van der Waals surface area contributed by atoms with Crippen LogP contribution in [0, 0.1) is 0 Å². The molecule has 0 aliphatic carbocycles. The number of rotatable bonds is 1. The van der Waals surface area contributed by atoms with Gasteiger partial charge in [0.25, 0.3) is 0 Å². The molecule has 68 valence electrons. The zero-order valence-electron chi connectivity index (χ0n) is 6.94. The Hall–Kier alpha value is -1.02. The molecule has 2 atom stereocenters. The molecule has 0 unspecified atom stereocenters. The molecule has 3 heteroatoms. The lowest BCUT2D eigenvalue weighted by atomic mass is 10.1. The topological polar surface area (TPSA) is 26.3 Å². The summed E-state index contributed by atoms with van der Waals surface area (Å²) in [5.41, 5.74) is 0.966. The van der Waals surface area contributed by atoms with Gasteiger partial charge in [-0.1, -0.05) is 30.3 Å². The molecule has 2 rings (SSSR count). The van der Waals surface area contributed by atoms with E-state index in [1.54, 1.807) is 0 Å². The number of ether oxygens (including phenoxy) is 1. The zero-order valence-corrected chi connectivity index (χ0v) is 7.70. The third-order valence-corrected chi connectivity index (χ3v) is 2.46. The highest BCUT2D eigenvalue weighted by atomic mass is 35.5. The third kappa shape index (κ3) is 1.68. The summed E-state index contributed by atoms with van der Waals surface area (Å²) in [6.07, 6.45) is 0.0385. The van der Waals surface area contributed by atoms with Crippen LogP contribution in [0.1, 0.15) is 18.1 Å². The quantitative estimate of drug-likeness (QED) is 0.509. The Morgan fingerprint density at radius 1 is 1.31 bits per heavy atom. The largest absolute Gasteiger partial charge is 0.456 e. The first kappa shape index (κ1) is 8.57. The highest BCUT2D eigenvalue weighted by Gasteiger charge is 2.34. The highest BCUT2D eigenvalue weighted by Crippen LogP contribution is 2.33. The number of alkyl halides is 1. The molecular weight excluding hydrogens is 188 g/mol. The molecule has 13 heavy (non-hydrogen) atoms. The first-order valence-electron chi connectivity index (χ1n) is 4.16. The van der Waals surface area contributed by atoms with Gasteiger partial charge in [0.2, 0.25) is 0 Å². The summed E-state index contributed by atoms with van der Waals surface area (Å²) in [7, 11) is 0. The van der Waals surface area contributed by atoms with Crippen molar-refractivity contribution in [2.45, 2.75) is 17.9 Å². The Morgan fingerprint density at radius 3 is 2.54 bits per heavy atom. The molecule has 0 aromatic heterocycles. The predicted molar refractivity (Wildman–Crippen MR) is 49.5 cm³/mol. The number of halogens is 1. The first-order valence-corrected chi connectivity index (χ1v) is 4.59. The van der Waals surface area contributed by atoms with Crippen molar-refractivity contribution in [1.82, 2.24) is 0 Å². The molecule has 1 aromatic rings. The SMILES string of the molecule is O=C1C[C@@H](Cl)[C@H](c2ccccc2)O1. The van der Waals surface area contributed by atoms with Crippen molar-refractivity contribution in [3.63, 3.8) is 0 Å². The number of cyclic esters (lactones) is 1. The molecule has 0 amide bonds. The molecule has 2 nitrogen and oxygen atoms in total. The molecule has 1 aliphatic rings.